The van der Waals surface area contributed by atoms with Crippen LogP contribution in [0.4, 0.5) is 23.2 Å². The largest absolute Gasteiger partial charge is 0.416 e. The van der Waals surface area contributed by atoms with E-state index in [4.69, 9.17) is 4.74 Å². The van der Waals surface area contributed by atoms with Crippen molar-refractivity contribution in [3.63, 3.8) is 0 Å². The summed E-state index contributed by atoms with van der Waals surface area (Å²) in [5.74, 6) is -0.589. The lowest BCUT2D eigenvalue weighted by atomic mass is 10.1. The molecule has 2 rings (SSSR count). The standard InChI is InChI=1S/C20H24F4N4O.HI/c1-25-19(27-12-14-3-7-17(8-4-14)26-9-10-29-2)28-13-15-5-6-16(21)11-18(15)20(22,23)24;/h3-8,11,26H,9-10,12-13H2,1-2H3,(H2,25,27,28);1H. The quantitative estimate of drug-likeness (QED) is 0.153. The average Bonchev–Trinajstić information content (AvgIpc) is 2.69. The van der Waals surface area contributed by atoms with Crippen LogP contribution in [0.2, 0.25) is 0 Å². The van der Waals surface area contributed by atoms with Crippen LogP contribution < -0.4 is 16.0 Å². The first-order valence-corrected chi connectivity index (χ1v) is 8.95. The van der Waals surface area contributed by atoms with Gasteiger partial charge in [-0.25, -0.2) is 4.39 Å². The molecule has 0 aromatic heterocycles. The predicted molar refractivity (Wildman–Crippen MR) is 121 cm³/mol. The van der Waals surface area contributed by atoms with Crippen molar-refractivity contribution in [1.82, 2.24) is 10.6 Å². The summed E-state index contributed by atoms with van der Waals surface area (Å²) in [5.41, 5.74) is 0.873. The number of guanidine groups is 1. The predicted octanol–water partition coefficient (Wildman–Crippen LogP) is 4.39. The summed E-state index contributed by atoms with van der Waals surface area (Å²) < 4.78 is 57.4. The number of methoxy groups -OCH3 is 1. The molecule has 5 nitrogen and oxygen atoms in total. The minimum Gasteiger partial charge on any atom is -0.383 e. The molecule has 0 spiro atoms. The number of hydrogen-bond acceptors (Lipinski definition) is 3. The number of nitrogens with one attached hydrogen (secondary N) is 3. The van der Waals surface area contributed by atoms with Gasteiger partial charge in [0.05, 0.1) is 12.2 Å². The Hall–Kier alpha value is -2.08. The van der Waals surface area contributed by atoms with Crippen molar-refractivity contribution in [2.24, 2.45) is 4.99 Å². The van der Waals surface area contributed by atoms with Gasteiger partial charge in [0.1, 0.15) is 5.82 Å². The Morgan fingerprint density at radius 1 is 1.03 bits per heavy atom. The molecule has 0 aliphatic rings. The highest BCUT2D eigenvalue weighted by molar-refractivity contribution is 14.0. The Labute approximate surface area is 190 Å². The van der Waals surface area contributed by atoms with Crippen LogP contribution in [0.3, 0.4) is 0 Å². The van der Waals surface area contributed by atoms with Crippen LogP contribution in [-0.2, 0) is 24.0 Å². The maximum absolute atomic E-state index is 13.2. The number of anilines is 1. The number of alkyl halides is 3. The molecule has 0 saturated heterocycles. The maximum atomic E-state index is 13.2. The van der Waals surface area contributed by atoms with Crippen LogP contribution in [0.25, 0.3) is 0 Å². The molecule has 30 heavy (non-hydrogen) atoms. The first kappa shape index (κ1) is 26.0. The Balaban J connectivity index is 0.00000450. The Morgan fingerprint density at radius 2 is 1.70 bits per heavy atom. The van der Waals surface area contributed by atoms with Gasteiger partial charge in [-0.3, -0.25) is 4.99 Å². The lowest BCUT2D eigenvalue weighted by Crippen LogP contribution is -2.36. The summed E-state index contributed by atoms with van der Waals surface area (Å²) in [5, 5.41) is 9.07. The summed E-state index contributed by atoms with van der Waals surface area (Å²) in [4.78, 5) is 4.01. The zero-order chi connectivity index (χ0) is 21.3. The molecule has 0 amide bonds. The highest BCUT2D eigenvalue weighted by atomic mass is 127. The van der Waals surface area contributed by atoms with Gasteiger partial charge in [0.25, 0.3) is 0 Å². The molecule has 0 atom stereocenters. The number of rotatable bonds is 8. The molecule has 3 N–H and O–H groups in total. The van der Waals surface area contributed by atoms with Gasteiger partial charge in [0, 0.05) is 39.5 Å². The highest BCUT2D eigenvalue weighted by Gasteiger charge is 2.33. The highest BCUT2D eigenvalue weighted by Crippen LogP contribution is 2.32. The zero-order valence-electron chi connectivity index (χ0n) is 16.6. The van der Waals surface area contributed by atoms with Gasteiger partial charge in [-0.15, -0.1) is 24.0 Å². The van der Waals surface area contributed by atoms with Gasteiger partial charge in [-0.2, -0.15) is 13.2 Å². The van der Waals surface area contributed by atoms with Crippen LogP contribution in [-0.4, -0.2) is 33.3 Å². The number of hydrogen-bond donors (Lipinski definition) is 3. The number of nitrogens with zero attached hydrogens (tertiary/aromatic N) is 1. The number of benzene rings is 2. The fraction of sp³-hybridized carbons (Fsp3) is 0.350. The SMILES string of the molecule is CN=C(NCc1ccc(NCCOC)cc1)NCc1ccc(F)cc1C(F)(F)F.I. The van der Waals surface area contributed by atoms with Crippen molar-refractivity contribution >= 4 is 35.6 Å². The summed E-state index contributed by atoms with van der Waals surface area (Å²) in [6.07, 6.45) is -4.63. The smallest absolute Gasteiger partial charge is 0.383 e. The van der Waals surface area contributed by atoms with Crippen molar-refractivity contribution in [2.45, 2.75) is 19.3 Å². The normalized spacial score (nSPS) is 11.6. The third-order valence-corrected chi connectivity index (χ3v) is 4.10. The molecule has 2 aromatic rings. The van der Waals surface area contributed by atoms with Crippen molar-refractivity contribution in [2.75, 3.05) is 32.6 Å². The third-order valence-electron chi connectivity index (χ3n) is 4.10. The topological polar surface area (TPSA) is 57.7 Å². The molecule has 0 fully saturated rings. The molecule has 0 unspecified atom stereocenters. The van der Waals surface area contributed by atoms with E-state index in [0.29, 0.717) is 31.7 Å². The van der Waals surface area contributed by atoms with E-state index in [-0.39, 0.29) is 36.1 Å². The van der Waals surface area contributed by atoms with Gasteiger partial charge < -0.3 is 20.7 Å². The third kappa shape index (κ3) is 8.34. The second kappa shape index (κ2) is 12.6. The first-order valence-electron chi connectivity index (χ1n) is 8.95. The van der Waals surface area contributed by atoms with Crippen LogP contribution in [0.15, 0.2) is 47.5 Å². The molecule has 0 radical (unpaired) electrons. The lowest BCUT2D eigenvalue weighted by molar-refractivity contribution is -0.138. The first-order chi connectivity index (χ1) is 13.8. The van der Waals surface area contributed by atoms with Crippen LogP contribution in [0.1, 0.15) is 16.7 Å². The Morgan fingerprint density at radius 3 is 2.30 bits per heavy atom. The van der Waals surface area contributed by atoms with Crippen molar-refractivity contribution < 1.29 is 22.3 Å². The van der Waals surface area contributed by atoms with Gasteiger partial charge >= 0.3 is 6.18 Å². The van der Waals surface area contributed by atoms with Crippen molar-refractivity contribution in [3.05, 3.63) is 65.0 Å². The average molecular weight is 540 g/mol. The van der Waals surface area contributed by atoms with Gasteiger partial charge in [0.15, 0.2) is 5.96 Å². The minimum atomic E-state index is -4.63. The zero-order valence-corrected chi connectivity index (χ0v) is 19.0. The minimum absolute atomic E-state index is 0. The molecule has 0 heterocycles. The van der Waals surface area contributed by atoms with Gasteiger partial charge in [0.2, 0.25) is 0 Å². The fourth-order valence-electron chi connectivity index (χ4n) is 2.59. The Bertz CT molecular complexity index is 813. The molecule has 166 valence electrons. The molecule has 0 bridgehead atoms. The van der Waals surface area contributed by atoms with Crippen molar-refractivity contribution in [1.29, 1.82) is 0 Å². The molecule has 0 saturated carbocycles. The van der Waals surface area contributed by atoms with Gasteiger partial charge in [-0.05, 0) is 35.4 Å². The van der Waals surface area contributed by atoms with Crippen molar-refractivity contribution in [3.8, 4) is 0 Å². The number of aliphatic imine (C=N–C) groups is 1. The summed E-state index contributed by atoms with van der Waals surface area (Å²) in [7, 11) is 3.16. The molecule has 10 heteroatoms. The maximum Gasteiger partial charge on any atom is 0.416 e. The molecule has 2 aromatic carbocycles. The van der Waals surface area contributed by atoms with E-state index in [1.807, 2.05) is 24.3 Å². The van der Waals surface area contributed by atoms with Crippen LogP contribution in [0.5, 0.6) is 0 Å². The summed E-state index contributed by atoms with van der Waals surface area (Å²) in [6, 6.07) is 10.3. The van der Waals surface area contributed by atoms with E-state index >= 15 is 0 Å². The molecule has 0 aliphatic carbocycles. The Kier molecular flexibility index (Phi) is 10.9. The second-order valence-corrected chi connectivity index (χ2v) is 6.20. The van der Waals surface area contributed by atoms with E-state index < -0.39 is 17.6 Å². The van der Waals surface area contributed by atoms with Crippen LogP contribution >= 0.6 is 24.0 Å². The second-order valence-electron chi connectivity index (χ2n) is 6.20. The van der Waals surface area contributed by atoms with Crippen LogP contribution in [0, 0.1) is 5.82 Å². The van der Waals surface area contributed by atoms with E-state index in [1.165, 1.54) is 7.05 Å². The fourth-order valence-corrected chi connectivity index (χ4v) is 2.59. The van der Waals surface area contributed by atoms with E-state index in [1.54, 1.807) is 7.11 Å². The number of ether oxygens (including phenoxy) is 1. The monoisotopic (exact) mass is 540 g/mol. The summed E-state index contributed by atoms with van der Waals surface area (Å²) >= 11 is 0. The lowest BCUT2D eigenvalue weighted by Gasteiger charge is -2.16. The molecular weight excluding hydrogens is 515 g/mol. The number of halogens is 5. The van der Waals surface area contributed by atoms with E-state index in [9.17, 15) is 17.6 Å². The van der Waals surface area contributed by atoms with E-state index in [0.717, 1.165) is 23.4 Å². The molecular formula is C20H25F4IN4O. The molecule has 0 aliphatic heterocycles. The summed E-state index contributed by atoms with van der Waals surface area (Å²) in [6.45, 7) is 1.61. The van der Waals surface area contributed by atoms with E-state index in [2.05, 4.69) is 20.9 Å². The van der Waals surface area contributed by atoms with Gasteiger partial charge in [-0.1, -0.05) is 18.2 Å².